The second-order valence-corrected chi connectivity index (χ2v) is 21.2. The van der Waals surface area contributed by atoms with Crippen LogP contribution in [0, 0.1) is 5.92 Å². The molecule has 2 rings (SSSR count). The molecule has 1 saturated carbocycles. The van der Waals surface area contributed by atoms with E-state index in [1.807, 2.05) is 6.08 Å². The Morgan fingerprint density at radius 3 is 1.65 bits per heavy atom. The molecule has 416 valence electrons. The smallest absolute Gasteiger partial charge is 0.458 e. The van der Waals surface area contributed by atoms with E-state index in [4.69, 9.17) is 28.0 Å². The van der Waals surface area contributed by atoms with Crippen molar-refractivity contribution in [2.24, 2.45) is 5.92 Å². The predicted octanol–water partition coefficient (Wildman–Crippen LogP) is 6.91. The fourth-order valence-electron chi connectivity index (χ4n) is 8.86. The molecule has 0 bridgehead atoms. The topological polar surface area (TPSA) is 289 Å². The van der Waals surface area contributed by atoms with Gasteiger partial charge in [0.05, 0.1) is 13.2 Å². The summed E-state index contributed by atoms with van der Waals surface area (Å²) in [6.07, 6.45) is 13.2. The second kappa shape index (κ2) is 38.6. The molecule has 0 aromatic rings. The molecule has 19 heteroatoms. The lowest BCUT2D eigenvalue weighted by Gasteiger charge is -2.47. The molecule has 18 nitrogen and oxygen atoms in total. The molecule has 1 saturated heterocycles. The molecule has 0 spiro atoms. The minimum Gasteiger partial charge on any atom is -0.458 e. The number of carbonyl (C=O) groups is 2. The van der Waals surface area contributed by atoms with Gasteiger partial charge >= 0.3 is 19.8 Å². The third-order valence-electron chi connectivity index (χ3n) is 13.4. The monoisotopic (exact) mass is 1040 g/mol. The quantitative estimate of drug-likeness (QED) is 0.00989. The maximum atomic E-state index is 13.4. The average Bonchev–Trinajstić information content (AvgIpc) is 3.35. The highest BCUT2D eigenvalue weighted by Gasteiger charge is 2.55. The standard InChI is InChI=1S/C52H95O18P/c1-4-6-8-10-12-13-14-15-16-17-18-19-20-25-29-33-41(54)65-36-39(67-42(55)34-30-26-22-21-24-28-32-38(3)31-27-23-11-9-7-5-2)37-66-71(63,64)70-51-48(61)46(59)45(58)47(60)50(51)69-52-49(62)44(57)43(56)40(35-53)68-52/h20,25,29,33,38-40,43-53,56-62H,4-19,21-24,26-28,30-32,34-37H2,1-3H3,(H,63,64)/b25-20+,33-29+. The molecule has 0 radical (unpaired) electrons. The van der Waals surface area contributed by atoms with E-state index in [0.29, 0.717) is 12.3 Å². The Hall–Kier alpha value is -1.87. The van der Waals surface area contributed by atoms with Crippen LogP contribution < -0.4 is 0 Å². The Morgan fingerprint density at radius 1 is 0.606 bits per heavy atom. The highest BCUT2D eigenvalue weighted by atomic mass is 31.2. The number of unbranched alkanes of at least 4 members (excludes halogenated alkanes) is 21. The summed E-state index contributed by atoms with van der Waals surface area (Å²) < 4.78 is 45.4. The van der Waals surface area contributed by atoms with E-state index in [1.54, 1.807) is 6.08 Å². The zero-order chi connectivity index (χ0) is 52.4. The molecule has 1 aliphatic carbocycles. The lowest BCUT2D eigenvalue weighted by Crippen LogP contribution is -2.67. The van der Waals surface area contributed by atoms with Gasteiger partial charge < -0.3 is 64.7 Å². The van der Waals surface area contributed by atoms with Crippen molar-refractivity contribution in [3.8, 4) is 0 Å². The Kier molecular flexibility index (Phi) is 35.5. The number of phosphoric ester groups is 1. The zero-order valence-electron chi connectivity index (χ0n) is 43.2. The number of aliphatic hydroxyl groups is 8. The molecular formula is C52H95O18P. The molecule has 1 aliphatic heterocycles. The molecule has 0 aromatic carbocycles. The van der Waals surface area contributed by atoms with E-state index in [2.05, 4.69) is 20.8 Å². The van der Waals surface area contributed by atoms with Crippen LogP contribution in [0.15, 0.2) is 24.3 Å². The molecule has 1 heterocycles. The number of carbonyl (C=O) groups excluding carboxylic acids is 2. The number of phosphoric acid groups is 1. The zero-order valence-corrected chi connectivity index (χ0v) is 44.1. The Morgan fingerprint density at radius 2 is 1.10 bits per heavy atom. The van der Waals surface area contributed by atoms with Gasteiger partial charge in [0, 0.05) is 12.5 Å². The molecule has 14 atom stereocenters. The maximum Gasteiger partial charge on any atom is 0.472 e. The molecule has 14 unspecified atom stereocenters. The number of esters is 2. The summed E-state index contributed by atoms with van der Waals surface area (Å²) in [5, 5.41) is 83.0. The number of hydrogen-bond donors (Lipinski definition) is 9. The van der Waals surface area contributed by atoms with Crippen molar-refractivity contribution in [3.63, 3.8) is 0 Å². The minimum absolute atomic E-state index is 0.0141. The van der Waals surface area contributed by atoms with Crippen LogP contribution in [0.1, 0.15) is 194 Å². The van der Waals surface area contributed by atoms with Crippen LogP contribution in [0.25, 0.3) is 0 Å². The summed E-state index contributed by atoms with van der Waals surface area (Å²) in [7, 11) is -5.40. The summed E-state index contributed by atoms with van der Waals surface area (Å²) >= 11 is 0. The first-order valence-corrected chi connectivity index (χ1v) is 28.6. The van der Waals surface area contributed by atoms with Crippen molar-refractivity contribution >= 4 is 19.8 Å². The number of allylic oxidation sites excluding steroid dienone is 3. The first kappa shape index (κ1) is 65.2. The van der Waals surface area contributed by atoms with Crippen LogP contribution in [-0.4, -0.2) is 151 Å². The van der Waals surface area contributed by atoms with Crippen molar-refractivity contribution in [1.29, 1.82) is 0 Å². The molecule has 0 amide bonds. The Balaban J connectivity index is 1.97. The van der Waals surface area contributed by atoms with Gasteiger partial charge in [0.15, 0.2) is 12.4 Å². The molecule has 0 aromatic heterocycles. The molecule has 2 aliphatic rings. The van der Waals surface area contributed by atoms with Gasteiger partial charge in [-0.25, -0.2) is 9.36 Å². The van der Waals surface area contributed by atoms with E-state index in [1.165, 1.54) is 121 Å². The fourth-order valence-corrected chi connectivity index (χ4v) is 9.83. The lowest BCUT2D eigenvalue weighted by molar-refractivity contribution is -0.338. The maximum absolute atomic E-state index is 13.4. The first-order chi connectivity index (χ1) is 34.1. The van der Waals surface area contributed by atoms with Crippen LogP contribution in [0.5, 0.6) is 0 Å². The summed E-state index contributed by atoms with van der Waals surface area (Å²) in [4.78, 5) is 36.5. The van der Waals surface area contributed by atoms with Crippen LogP contribution in [-0.2, 0) is 42.1 Å². The van der Waals surface area contributed by atoms with E-state index < -0.39 is 113 Å². The fraction of sp³-hybridized carbons (Fsp3) is 0.885. The molecule has 2 fully saturated rings. The van der Waals surface area contributed by atoms with Gasteiger partial charge in [-0.15, -0.1) is 0 Å². The number of rotatable bonds is 41. The van der Waals surface area contributed by atoms with Gasteiger partial charge in [0.2, 0.25) is 0 Å². The molecular weight excluding hydrogens is 944 g/mol. The van der Waals surface area contributed by atoms with E-state index >= 15 is 0 Å². The van der Waals surface area contributed by atoms with Crippen molar-refractivity contribution < 1.29 is 87.9 Å². The van der Waals surface area contributed by atoms with Gasteiger partial charge in [0.1, 0.15) is 67.6 Å². The Bertz CT molecular complexity index is 1480. The number of aliphatic hydroxyl groups excluding tert-OH is 8. The summed E-state index contributed by atoms with van der Waals surface area (Å²) in [6, 6.07) is 0. The van der Waals surface area contributed by atoms with Gasteiger partial charge in [-0.1, -0.05) is 187 Å². The molecule has 71 heavy (non-hydrogen) atoms. The van der Waals surface area contributed by atoms with Gasteiger partial charge in [0.25, 0.3) is 0 Å². The van der Waals surface area contributed by atoms with Crippen LogP contribution in [0.4, 0.5) is 0 Å². The predicted molar refractivity (Wildman–Crippen MR) is 268 cm³/mol. The summed E-state index contributed by atoms with van der Waals surface area (Å²) in [5.41, 5.74) is 0. The number of hydrogen-bond acceptors (Lipinski definition) is 17. The van der Waals surface area contributed by atoms with Crippen LogP contribution in [0.3, 0.4) is 0 Å². The summed E-state index contributed by atoms with van der Waals surface area (Å²) in [5.74, 6) is -0.751. The van der Waals surface area contributed by atoms with Crippen molar-refractivity contribution in [3.05, 3.63) is 24.3 Å². The van der Waals surface area contributed by atoms with Crippen LogP contribution >= 0.6 is 7.82 Å². The third kappa shape index (κ3) is 27.5. The highest BCUT2D eigenvalue weighted by Crippen LogP contribution is 2.48. The van der Waals surface area contributed by atoms with Crippen LogP contribution in [0.2, 0.25) is 0 Å². The minimum atomic E-state index is -5.40. The van der Waals surface area contributed by atoms with E-state index in [0.717, 1.165) is 51.4 Å². The van der Waals surface area contributed by atoms with Gasteiger partial charge in [-0.2, -0.15) is 0 Å². The van der Waals surface area contributed by atoms with E-state index in [-0.39, 0.29) is 6.42 Å². The van der Waals surface area contributed by atoms with Gasteiger partial charge in [-0.05, 0) is 25.2 Å². The van der Waals surface area contributed by atoms with Gasteiger partial charge in [-0.3, -0.25) is 13.8 Å². The SMILES string of the molecule is CCCCCCCCCCCCC/C=C/C=C/C(=O)OCC(COP(=O)(O)OC1C(O)C(O)C(O)C(O)C1OC1OC(CO)C(O)C(O)C1O)OC(=O)CCCCCCCCC(C)CCCCCCCC. The van der Waals surface area contributed by atoms with Crippen molar-refractivity contribution in [1.82, 2.24) is 0 Å². The first-order valence-electron chi connectivity index (χ1n) is 27.1. The lowest BCUT2D eigenvalue weighted by atomic mass is 9.84. The second-order valence-electron chi connectivity index (χ2n) is 19.8. The van der Waals surface area contributed by atoms with Crippen molar-refractivity contribution in [2.75, 3.05) is 19.8 Å². The number of ether oxygens (including phenoxy) is 4. The Labute approximate surface area is 424 Å². The third-order valence-corrected chi connectivity index (χ3v) is 14.4. The van der Waals surface area contributed by atoms with E-state index in [9.17, 15) is 59.9 Å². The highest BCUT2D eigenvalue weighted by molar-refractivity contribution is 7.47. The normalized spacial score (nSPS) is 27.7. The van der Waals surface area contributed by atoms with Crippen molar-refractivity contribution in [2.45, 2.75) is 268 Å². The summed E-state index contributed by atoms with van der Waals surface area (Å²) in [6.45, 7) is 4.46. The average molecular weight is 1040 g/mol. The largest absolute Gasteiger partial charge is 0.472 e. The molecule has 9 N–H and O–H groups in total.